The molecule has 1 unspecified atom stereocenters. The van der Waals surface area contributed by atoms with E-state index in [0.29, 0.717) is 48.6 Å². The summed E-state index contributed by atoms with van der Waals surface area (Å²) in [6.07, 6.45) is 8.55. The largest absolute Gasteiger partial charge is 0.385 e. The molecule has 0 bridgehead atoms. The molecule has 8 nitrogen and oxygen atoms in total. The molecule has 2 heterocycles. The average Bonchev–Trinajstić information content (AvgIpc) is 2.97. The molecule has 41 heavy (non-hydrogen) atoms. The number of carbonyl (C=O) groups excluding carboxylic acids is 2. The van der Waals surface area contributed by atoms with E-state index in [2.05, 4.69) is 21.0 Å². The number of piperidine rings is 2. The third-order valence-corrected chi connectivity index (χ3v) is 11.6. The molecule has 2 saturated heterocycles. The van der Waals surface area contributed by atoms with Gasteiger partial charge in [-0.1, -0.05) is 24.3 Å². The molecule has 0 spiro atoms. The lowest BCUT2D eigenvalue weighted by molar-refractivity contribution is -0.120. The summed E-state index contributed by atoms with van der Waals surface area (Å²) in [6.45, 7) is 5.43. The van der Waals surface area contributed by atoms with Crippen LogP contribution in [0, 0.1) is 11.8 Å². The first-order valence-corrected chi connectivity index (χ1v) is 18.2. The molecule has 4 rings (SSSR count). The molecule has 2 aliphatic heterocycles. The molecule has 2 N–H and O–H groups in total. The Morgan fingerprint density at radius 2 is 1.88 bits per heavy atom. The standard InChI is InChI=1S/C29H39ClN4O4S3/c1-3-27(39-20-30)40-33-15-5-7-22(18-33)29(36)32-25-9-10-26(28-23(19-35)6-4-8-24(25)28)31-14-11-21-12-16-34(17-13-21)41(2,37)38/h3-4,6,8-10,19,21-22,31H,5,7,11-18,20H2,1-2H3,(H,32,36)/b27-3+. The third-order valence-electron chi connectivity index (χ3n) is 7.77. The van der Waals surface area contributed by atoms with Gasteiger partial charge in [0.1, 0.15) is 0 Å². The number of allylic oxidation sites excluding steroid dienone is 1. The van der Waals surface area contributed by atoms with Crippen molar-refractivity contribution in [3.8, 4) is 0 Å². The quantitative estimate of drug-likeness (QED) is 0.161. The van der Waals surface area contributed by atoms with Crippen molar-refractivity contribution in [2.24, 2.45) is 11.8 Å². The Kier molecular flexibility index (Phi) is 11.9. The summed E-state index contributed by atoms with van der Waals surface area (Å²) in [5.74, 6) is 0.300. The first-order chi connectivity index (χ1) is 19.7. The van der Waals surface area contributed by atoms with Crippen molar-refractivity contribution in [2.45, 2.75) is 39.0 Å². The van der Waals surface area contributed by atoms with Crippen LogP contribution in [0.5, 0.6) is 0 Å². The number of nitrogens with zero attached hydrogens (tertiary/aromatic N) is 2. The maximum absolute atomic E-state index is 13.4. The second-order valence-corrected chi connectivity index (χ2v) is 15.5. The van der Waals surface area contributed by atoms with E-state index in [4.69, 9.17) is 11.6 Å². The Bertz CT molecular complexity index is 1360. The summed E-state index contributed by atoms with van der Waals surface area (Å²) in [6, 6.07) is 9.41. The van der Waals surface area contributed by atoms with Crippen LogP contribution in [0.2, 0.25) is 0 Å². The van der Waals surface area contributed by atoms with E-state index < -0.39 is 10.0 Å². The number of halogens is 1. The lowest BCUT2D eigenvalue weighted by Gasteiger charge is -2.31. The minimum Gasteiger partial charge on any atom is -0.385 e. The molecule has 1 atom stereocenters. The molecule has 2 fully saturated rings. The van der Waals surface area contributed by atoms with Gasteiger partial charge in [-0.05, 0) is 69.0 Å². The van der Waals surface area contributed by atoms with Crippen LogP contribution in [0.1, 0.15) is 49.4 Å². The predicted octanol–water partition coefficient (Wildman–Crippen LogP) is 6.22. The van der Waals surface area contributed by atoms with Crippen molar-refractivity contribution in [2.75, 3.05) is 54.8 Å². The van der Waals surface area contributed by atoms with Crippen molar-refractivity contribution < 1.29 is 18.0 Å². The van der Waals surface area contributed by atoms with E-state index >= 15 is 0 Å². The zero-order valence-electron chi connectivity index (χ0n) is 23.6. The first kappa shape index (κ1) is 32.2. The van der Waals surface area contributed by atoms with Gasteiger partial charge in [0.05, 0.1) is 21.6 Å². The zero-order chi connectivity index (χ0) is 29.4. The molecule has 2 aromatic carbocycles. The first-order valence-electron chi connectivity index (χ1n) is 14.0. The van der Waals surface area contributed by atoms with Crippen LogP contribution in [0.25, 0.3) is 10.8 Å². The van der Waals surface area contributed by atoms with Gasteiger partial charge in [-0.2, -0.15) is 0 Å². The number of carbonyl (C=O) groups is 2. The highest BCUT2D eigenvalue weighted by atomic mass is 35.5. The Morgan fingerprint density at radius 3 is 2.56 bits per heavy atom. The summed E-state index contributed by atoms with van der Waals surface area (Å²) in [5.41, 5.74) is 2.12. The van der Waals surface area contributed by atoms with E-state index in [0.717, 1.165) is 65.6 Å². The molecule has 2 aliphatic rings. The van der Waals surface area contributed by atoms with E-state index in [1.807, 2.05) is 31.2 Å². The number of aldehydes is 1. The Labute approximate surface area is 257 Å². The summed E-state index contributed by atoms with van der Waals surface area (Å²) in [7, 11) is -3.13. The lowest BCUT2D eigenvalue weighted by atomic mass is 9.94. The summed E-state index contributed by atoms with van der Waals surface area (Å²) >= 11 is 9.16. The fourth-order valence-corrected chi connectivity index (χ4v) is 8.78. The van der Waals surface area contributed by atoms with Crippen LogP contribution < -0.4 is 10.6 Å². The van der Waals surface area contributed by atoms with Crippen LogP contribution in [0.3, 0.4) is 0 Å². The van der Waals surface area contributed by atoms with Crippen molar-refractivity contribution in [3.63, 3.8) is 0 Å². The van der Waals surface area contributed by atoms with Crippen molar-refractivity contribution in [1.82, 2.24) is 8.61 Å². The molecule has 2 aromatic rings. The molecule has 12 heteroatoms. The Morgan fingerprint density at radius 1 is 1.12 bits per heavy atom. The van der Waals surface area contributed by atoms with Gasteiger partial charge in [0.2, 0.25) is 15.9 Å². The number of hydrogen-bond donors (Lipinski definition) is 2. The van der Waals surface area contributed by atoms with E-state index in [1.54, 1.807) is 34.1 Å². The average molecular weight is 639 g/mol. The van der Waals surface area contributed by atoms with E-state index in [9.17, 15) is 18.0 Å². The van der Waals surface area contributed by atoms with Gasteiger partial charge in [-0.25, -0.2) is 17.0 Å². The van der Waals surface area contributed by atoms with Gasteiger partial charge in [0.25, 0.3) is 0 Å². The monoisotopic (exact) mass is 638 g/mol. The van der Waals surface area contributed by atoms with Crippen molar-refractivity contribution >= 4 is 79.7 Å². The molecule has 224 valence electrons. The minimum atomic E-state index is -3.13. The number of hydrogen-bond acceptors (Lipinski definition) is 8. The number of alkyl halides is 1. The van der Waals surface area contributed by atoms with Crippen LogP contribution in [0.15, 0.2) is 40.6 Å². The number of benzene rings is 2. The van der Waals surface area contributed by atoms with Gasteiger partial charge in [0.15, 0.2) is 6.29 Å². The normalized spacial score (nSPS) is 19.8. The van der Waals surface area contributed by atoms with Gasteiger partial charge in [0, 0.05) is 60.4 Å². The summed E-state index contributed by atoms with van der Waals surface area (Å²) in [4.78, 5) is 25.4. The van der Waals surface area contributed by atoms with Gasteiger partial charge in [-0.3, -0.25) is 9.59 Å². The number of nitrogens with one attached hydrogen (secondary N) is 2. The highest BCUT2D eigenvalue weighted by Crippen LogP contribution is 2.36. The summed E-state index contributed by atoms with van der Waals surface area (Å²) in [5, 5.41) is 8.78. The zero-order valence-corrected chi connectivity index (χ0v) is 26.8. The molecular formula is C29H39ClN4O4S3. The highest BCUT2D eigenvalue weighted by molar-refractivity contribution is 8.21. The fourth-order valence-electron chi connectivity index (χ4n) is 5.55. The molecule has 0 radical (unpaired) electrons. The maximum atomic E-state index is 13.4. The van der Waals surface area contributed by atoms with Crippen LogP contribution >= 0.6 is 35.3 Å². The smallest absolute Gasteiger partial charge is 0.228 e. The number of rotatable bonds is 12. The van der Waals surface area contributed by atoms with Gasteiger partial charge in [-0.15, -0.1) is 23.4 Å². The Hall–Kier alpha value is -1.76. The number of thioether (sulfide) groups is 1. The molecule has 1 amide bonds. The maximum Gasteiger partial charge on any atom is 0.228 e. The van der Waals surface area contributed by atoms with Crippen molar-refractivity contribution in [3.05, 3.63) is 46.2 Å². The van der Waals surface area contributed by atoms with Crippen molar-refractivity contribution in [1.29, 1.82) is 0 Å². The van der Waals surface area contributed by atoms with Gasteiger partial charge >= 0.3 is 0 Å². The molecule has 0 aromatic heterocycles. The van der Waals surface area contributed by atoms with E-state index in [-0.39, 0.29) is 11.8 Å². The minimum absolute atomic E-state index is 0.0127. The topological polar surface area (TPSA) is 98.8 Å². The second kappa shape index (κ2) is 15.1. The second-order valence-electron chi connectivity index (χ2n) is 10.5. The lowest BCUT2D eigenvalue weighted by Crippen LogP contribution is -2.38. The van der Waals surface area contributed by atoms with Gasteiger partial charge < -0.3 is 10.6 Å². The van der Waals surface area contributed by atoms with Crippen LogP contribution in [0.4, 0.5) is 11.4 Å². The molecule has 0 aliphatic carbocycles. The third kappa shape index (κ3) is 8.64. The van der Waals surface area contributed by atoms with Crippen LogP contribution in [-0.2, 0) is 14.8 Å². The number of sulfonamides is 1. The number of amides is 1. The highest BCUT2D eigenvalue weighted by Gasteiger charge is 2.28. The van der Waals surface area contributed by atoms with E-state index in [1.165, 1.54) is 6.26 Å². The fraction of sp³-hybridized carbons (Fsp3) is 0.517. The number of anilines is 2. The Balaban J connectivity index is 1.42. The summed E-state index contributed by atoms with van der Waals surface area (Å²) < 4.78 is 28.5. The van der Waals surface area contributed by atoms with Crippen LogP contribution in [-0.4, -0.2) is 73.4 Å². The number of fused-ring (bicyclic) bond motifs is 1. The molecular weight excluding hydrogens is 600 g/mol. The molecule has 0 saturated carbocycles. The SMILES string of the molecule is C/C=C(\SCCl)SN1CCCC(C(=O)Nc2ccc(NCCC3CCN(S(C)(=O)=O)CC3)c3c(C=O)cccc23)C1. The predicted molar refractivity (Wildman–Crippen MR) is 174 cm³/mol.